The van der Waals surface area contributed by atoms with Gasteiger partial charge in [-0.2, -0.15) is 0 Å². The van der Waals surface area contributed by atoms with E-state index in [0.717, 1.165) is 11.4 Å². The van der Waals surface area contributed by atoms with Crippen LogP contribution in [-0.4, -0.2) is 35.6 Å². The lowest BCUT2D eigenvalue weighted by atomic mass is 10.1. The number of hydrogen-bond acceptors (Lipinski definition) is 8. The van der Waals surface area contributed by atoms with Crippen LogP contribution >= 0.6 is 11.3 Å². The molecule has 2 N–H and O–H groups in total. The van der Waals surface area contributed by atoms with Gasteiger partial charge in [0.2, 0.25) is 11.1 Å². The Bertz CT molecular complexity index is 696. The van der Waals surface area contributed by atoms with E-state index >= 15 is 0 Å². The number of nitrogens with one attached hydrogen (secondary N) is 2. The smallest absolute Gasteiger partial charge is 0.266 e. The monoisotopic (exact) mass is 328 g/mol. The summed E-state index contributed by atoms with van der Waals surface area (Å²) in [5.74, 6) is 0.786. The quantitative estimate of drug-likeness (QED) is 0.824. The first-order valence-corrected chi connectivity index (χ1v) is 8.55. The SMILES string of the molecule is CNc1ncc(S(=O)(=O)Nc2nnc(CC(C)C)s2)cn1. The number of anilines is 2. The van der Waals surface area contributed by atoms with Crippen molar-refractivity contribution in [3.8, 4) is 0 Å². The van der Waals surface area contributed by atoms with Gasteiger partial charge in [-0.15, -0.1) is 10.2 Å². The molecule has 0 saturated carbocycles. The molecule has 0 fully saturated rings. The lowest BCUT2D eigenvalue weighted by Gasteiger charge is -2.04. The third-order valence-corrected chi connectivity index (χ3v) is 4.72. The van der Waals surface area contributed by atoms with Gasteiger partial charge in [0.05, 0.1) is 12.4 Å². The van der Waals surface area contributed by atoms with E-state index in [9.17, 15) is 8.42 Å². The summed E-state index contributed by atoms with van der Waals surface area (Å²) in [4.78, 5) is 7.73. The van der Waals surface area contributed by atoms with Crippen LogP contribution in [0.5, 0.6) is 0 Å². The molecule has 0 amide bonds. The van der Waals surface area contributed by atoms with Crippen molar-refractivity contribution in [3.05, 3.63) is 17.4 Å². The molecule has 21 heavy (non-hydrogen) atoms. The summed E-state index contributed by atoms with van der Waals surface area (Å²) >= 11 is 1.22. The molecule has 0 aliphatic carbocycles. The minimum atomic E-state index is -3.75. The maximum atomic E-state index is 12.2. The summed E-state index contributed by atoms with van der Waals surface area (Å²) in [5.41, 5.74) is 0. The number of sulfonamides is 1. The molecule has 2 aromatic rings. The molecule has 10 heteroatoms. The molecule has 2 heterocycles. The van der Waals surface area contributed by atoms with Crippen LogP contribution in [0.2, 0.25) is 0 Å². The summed E-state index contributed by atoms with van der Waals surface area (Å²) in [7, 11) is -2.10. The third-order valence-electron chi connectivity index (χ3n) is 2.43. The average molecular weight is 328 g/mol. The molecular formula is C11H16N6O2S2. The van der Waals surface area contributed by atoms with Crippen LogP contribution in [0.4, 0.5) is 11.1 Å². The topological polar surface area (TPSA) is 110 Å². The normalized spacial score (nSPS) is 11.6. The lowest BCUT2D eigenvalue weighted by Crippen LogP contribution is -2.13. The predicted molar refractivity (Wildman–Crippen MR) is 80.8 cm³/mol. The zero-order chi connectivity index (χ0) is 15.5. The van der Waals surface area contributed by atoms with E-state index in [4.69, 9.17) is 0 Å². The average Bonchev–Trinajstić information content (AvgIpc) is 2.84. The first kappa shape index (κ1) is 15.6. The fourth-order valence-electron chi connectivity index (χ4n) is 1.48. The molecule has 0 aromatic carbocycles. The molecule has 2 aromatic heterocycles. The van der Waals surface area contributed by atoms with Crippen molar-refractivity contribution in [2.75, 3.05) is 17.1 Å². The van der Waals surface area contributed by atoms with Gasteiger partial charge in [-0.3, -0.25) is 4.72 Å². The Balaban J connectivity index is 2.14. The molecule has 0 saturated heterocycles. The third kappa shape index (κ3) is 4.08. The van der Waals surface area contributed by atoms with Crippen LogP contribution in [0.15, 0.2) is 17.3 Å². The van der Waals surface area contributed by atoms with Crippen molar-refractivity contribution < 1.29 is 8.42 Å². The second kappa shape index (κ2) is 6.31. The van der Waals surface area contributed by atoms with Crippen molar-refractivity contribution >= 4 is 32.4 Å². The summed E-state index contributed by atoms with van der Waals surface area (Å²) < 4.78 is 26.7. The zero-order valence-corrected chi connectivity index (χ0v) is 13.5. The summed E-state index contributed by atoms with van der Waals surface area (Å²) in [6.07, 6.45) is 3.23. The van der Waals surface area contributed by atoms with E-state index in [0.29, 0.717) is 11.9 Å². The highest BCUT2D eigenvalue weighted by Crippen LogP contribution is 2.21. The van der Waals surface area contributed by atoms with Crippen molar-refractivity contribution in [1.82, 2.24) is 20.2 Å². The van der Waals surface area contributed by atoms with Gasteiger partial charge in [-0.1, -0.05) is 25.2 Å². The molecule has 0 unspecified atom stereocenters. The maximum absolute atomic E-state index is 12.2. The van der Waals surface area contributed by atoms with Crippen LogP contribution in [0.3, 0.4) is 0 Å². The molecule has 0 aliphatic rings. The van der Waals surface area contributed by atoms with Gasteiger partial charge in [-0.05, 0) is 5.92 Å². The van der Waals surface area contributed by atoms with Crippen LogP contribution in [0.25, 0.3) is 0 Å². The van der Waals surface area contributed by atoms with E-state index in [1.807, 2.05) is 0 Å². The Morgan fingerprint density at radius 1 is 1.24 bits per heavy atom. The number of nitrogens with zero attached hydrogens (tertiary/aromatic N) is 4. The largest absolute Gasteiger partial charge is 0.357 e. The number of hydrogen-bond donors (Lipinski definition) is 2. The Morgan fingerprint density at radius 3 is 2.48 bits per heavy atom. The Labute approximate surface area is 127 Å². The van der Waals surface area contributed by atoms with Gasteiger partial charge >= 0.3 is 0 Å². The number of rotatable bonds is 6. The molecule has 0 bridgehead atoms. The Kier molecular flexibility index (Phi) is 4.68. The van der Waals surface area contributed by atoms with Gasteiger partial charge in [-0.25, -0.2) is 18.4 Å². The molecule has 0 atom stereocenters. The molecule has 0 radical (unpaired) electrons. The molecule has 8 nitrogen and oxygen atoms in total. The standard InChI is InChI=1S/C11H16N6O2S2/c1-7(2)4-9-15-16-11(20-9)17-21(18,19)8-5-13-10(12-3)14-6-8/h5-7H,4H2,1-3H3,(H,16,17)(H,12,13,14). The van der Waals surface area contributed by atoms with Crippen molar-refractivity contribution in [1.29, 1.82) is 0 Å². The highest BCUT2D eigenvalue weighted by atomic mass is 32.2. The van der Waals surface area contributed by atoms with E-state index in [1.54, 1.807) is 7.05 Å². The van der Waals surface area contributed by atoms with E-state index < -0.39 is 10.0 Å². The molecule has 0 spiro atoms. The van der Waals surface area contributed by atoms with Crippen molar-refractivity contribution in [3.63, 3.8) is 0 Å². The fraction of sp³-hybridized carbons (Fsp3) is 0.455. The van der Waals surface area contributed by atoms with E-state index in [1.165, 1.54) is 23.7 Å². The lowest BCUT2D eigenvalue weighted by molar-refractivity contribution is 0.600. The van der Waals surface area contributed by atoms with Crippen molar-refractivity contribution in [2.24, 2.45) is 5.92 Å². The molecular weight excluding hydrogens is 312 g/mol. The van der Waals surface area contributed by atoms with Crippen LogP contribution in [-0.2, 0) is 16.4 Å². The zero-order valence-electron chi connectivity index (χ0n) is 11.9. The second-order valence-corrected chi connectivity index (χ2v) is 7.44. The van der Waals surface area contributed by atoms with Gasteiger partial charge in [0.1, 0.15) is 9.90 Å². The van der Waals surface area contributed by atoms with Crippen molar-refractivity contribution in [2.45, 2.75) is 25.2 Å². The van der Waals surface area contributed by atoms with Gasteiger partial charge in [0.25, 0.3) is 10.0 Å². The van der Waals surface area contributed by atoms with E-state index in [2.05, 4.69) is 44.1 Å². The van der Waals surface area contributed by atoms with Crippen LogP contribution < -0.4 is 10.0 Å². The fourth-order valence-corrected chi connectivity index (χ4v) is 3.55. The molecule has 114 valence electrons. The van der Waals surface area contributed by atoms with Crippen LogP contribution in [0.1, 0.15) is 18.9 Å². The first-order valence-electron chi connectivity index (χ1n) is 6.25. The minimum Gasteiger partial charge on any atom is -0.357 e. The Hall–Kier alpha value is -1.81. The Morgan fingerprint density at radius 2 is 1.90 bits per heavy atom. The minimum absolute atomic E-state index is 0.0258. The predicted octanol–water partition coefficient (Wildman–Crippen LogP) is 1.37. The highest BCUT2D eigenvalue weighted by Gasteiger charge is 2.18. The first-order chi connectivity index (χ1) is 9.90. The van der Waals surface area contributed by atoms with Gasteiger partial charge < -0.3 is 5.32 Å². The summed E-state index contributed by atoms with van der Waals surface area (Å²) in [6, 6.07) is 0. The summed E-state index contributed by atoms with van der Waals surface area (Å²) in [5, 5.41) is 11.6. The second-order valence-electron chi connectivity index (χ2n) is 4.70. The van der Waals surface area contributed by atoms with Crippen LogP contribution in [0, 0.1) is 5.92 Å². The van der Waals surface area contributed by atoms with E-state index in [-0.39, 0.29) is 10.0 Å². The van der Waals surface area contributed by atoms with Gasteiger partial charge in [0.15, 0.2) is 0 Å². The number of aromatic nitrogens is 4. The summed E-state index contributed by atoms with van der Waals surface area (Å²) in [6.45, 7) is 4.12. The molecule has 0 aliphatic heterocycles. The van der Waals surface area contributed by atoms with Gasteiger partial charge in [0, 0.05) is 13.5 Å². The maximum Gasteiger partial charge on any atom is 0.266 e. The molecule has 2 rings (SSSR count). The highest BCUT2D eigenvalue weighted by molar-refractivity contribution is 7.93.